The Morgan fingerprint density at radius 1 is 1.58 bits per heavy atom. The maximum Gasteiger partial charge on any atom is 0.147 e. The molecule has 0 radical (unpaired) electrons. The van der Waals surface area contributed by atoms with Crippen molar-refractivity contribution in [3.63, 3.8) is 0 Å². The molecular weight excluding hydrogens is 180 g/mol. The minimum absolute atomic E-state index is 0.0346. The molecule has 12 heavy (non-hydrogen) atoms. The molecule has 72 valence electrons. The molecule has 0 aromatic carbocycles. The molecule has 0 bridgehead atoms. The van der Waals surface area contributed by atoms with Crippen molar-refractivity contribution >= 4 is 9.84 Å². The Morgan fingerprint density at radius 2 is 2.25 bits per heavy atom. The monoisotopic (exact) mass is 194 g/mol. The standard InChI is InChI=1S/C7H14O4S/c1-12(9,10)5-3-7(8)2-4-11-6-7/h8H,2-6H2,1H3. The molecule has 4 nitrogen and oxygen atoms in total. The highest BCUT2D eigenvalue weighted by Gasteiger charge is 2.32. The molecule has 1 saturated heterocycles. The molecule has 0 aromatic rings. The van der Waals surface area contributed by atoms with Gasteiger partial charge in [-0.3, -0.25) is 0 Å². The van der Waals surface area contributed by atoms with E-state index < -0.39 is 15.4 Å². The lowest BCUT2D eigenvalue weighted by atomic mass is 10.0. The van der Waals surface area contributed by atoms with E-state index in [0.717, 1.165) is 0 Å². The highest BCUT2D eigenvalue weighted by Crippen LogP contribution is 2.22. The fourth-order valence-electron chi connectivity index (χ4n) is 1.17. The van der Waals surface area contributed by atoms with Crippen LogP contribution in [0.4, 0.5) is 0 Å². The quantitative estimate of drug-likeness (QED) is 0.662. The number of sulfone groups is 1. The van der Waals surface area contributed by atoms with Gasteiger partial charge in [0, 0.05) is 19.3 Å². The first-order chi connectivity index (χ1) is 5.41. The van der Waals surface area contributed by atoms with Gasteiger partial charge >= 0.3 is 0 Å². The molecule has 1 N–H and O–H groups in total. The number of rotatable bonds is 3. The zero-order valence-corrected chi connectivity index (χ0v) is 7.93. The first-order valence-electron chi connectivity index (χ1n) is 3.89. The maximum atomic E-state index is 10.8. The van der Waals surface area contributed by atoms with Crippen molar-refractivity contribution in [1.29, 1.82) is 0 Å². The summed E-state index contributed by atoms with van der Waals surface area (Å²) in [6, 6.07) is 0. The largest absolute Gasteiger partial charge is 0.387 e. The summed E-state index contributed by atoms with van der Waals surface area (Å²) in [6.07, 6.45) is 2.00. The zero-order chi connectivity index (χ0) is 9.24. The Morgan fingerprint density at radius 3 is 2.67 bits per heavy atom. The molecule has 1 aliphatic rings. The molecule has 0 aromatic heterocycles. The highest BCUT2D eigenvalue weighted by molar-refractivity contribution is 7.90. The lowest BCUT2D eigenvalue weighted by Gasteiger charge is -2.18. The van der Waals surface area contributed by atoms with Crippen LogP contribution in [0.1, 0.15) is 12.8 Å². The van der Waals surface area contributed by atoms with E-state index in [4.69, 9.17) is 4.74 Å². The molecule has 0 saturated carbocycles. The summed E-state index contributed by atoms with van der Waals surface area (Å²) < 4.78 is 26.5. The maximum absolute atomic E-state index is 10.8. The Bertz CT molecular complexity index is 238. The summed E-state index contributed by atoms with van der Waals surface area (Å²) in [5, 5.41) is 9.67. The molecule has 1 rings (SSSR count). The topological polar surface area (TPSA) is 63.6 Å². The normalized spacial score (nSPS) is 30.8. The van der Waals surface area contributed by atoms with Crippen molar-refractivity contribution in [2.75, 3.05) is 25.2 Å². The van der Waals surface area contributed by atoms with Gasteiger partial charge in [-0.15, -0.1) is 0 Å². The third kappa shape index (κ3) is 3.08. The summed E-state index contributed by atoms with van der Waals surface area (Å²) in [4.78, 5) is 0. The smallest absolute Gasteiger partial charge is 0.147 e. The summed E-state index contributed by atoms with van der Waals surface area (Å²) in [5.74, 6) is 0.0346. The van der Waals surface area contributed by atoms with Crippen molar-refractivity contribution < 1.29 is 18.3 Å². The second-order valence-corrected chi connectivity index (χ2v) is 5.67. The van der Waals surface area contributed by atoms with Crippen LogP contribution in [0.25, 0.3) is 0 Å². The van der Waals surface area contributed by atoms with E-state index in [1.54, 1.807) is 0 Å². The summed E-state index contributed by atoms with van der Waals surface area (Å²) >= 11 is 0. The molecule has 1 unspecified atom stereocenters. The first kappa shape index (κ1) is 9.95. The molecule has 1 fully saturated rings. The lowest BCUT2D eigenvalue weighted by molar-refractivity contribution is 0.0241. The summed E-state index contributed by atoms with van der Waals surface area (Å²) in [6.45, 7) is 0.794. The molecular formula is C7H14O4S. The van der Waals surface area contributed by atoms with Gasteiger partial charge < -0.3 is 9.84 Å². The van der Waals surface area contributed by atoms with Crippen LogP contribution in [0.3, 0.4) is 0 Å². The van der Waals surface area contributed by atoms with Crippen LogP contribution in [0, 0.1) is 0 Å². The van der Waals surface area contributed by atoms with Crippen molar-refractivity contribution in [2.24, 2.45) is 0 Å². The van der Waals surface area contributed by atoms with Gasteiger partial charge in [-0.1, -0.05) is 0 Å². The lowest BCUT2D eigenvalue weighted by Crippen LogP contribution is -2.31. The van der Waals surface area contributed by atoms with E-state index in [1.807, 2.05) is 0 Å². The van der Waals surface area contributed by atoms with Crippen molar-refractivity contribution in [3.8, 4) is 0 Å². The van der Waals surface area contributed by atoms with E-state index in [9.17, 15) is 13.5 Å². The van der Waals surface area contributed by atoms with Crippen LogP contribution in [-0.2, 0) is 14.6 Å². The van der Waals surface area contributed by atoms with Gasteiger partial charge in [0.05, 0.1) is 18.0 Å². The van der Waals surface area contributed by atoms with Gasteiger partial charge in [0.1, 0.15) is 9.84 Å². The fourth-order valence-corrected chi connectivity index (χ4v) is 1.92. The molecule has 0 amide bonds. The van der Waals surface area contributed by atoms with Gasteiger partial charge in [-0.25, -0.2) is 8.42 Å². The minimum Gasteiger partial charge on any atom is -0.387 e. The minimum atomic E-state index is -2.97. The molecule has 1 aliphatic heterocycles. The molecule has 0 spiro atoms. The van der Waals surface area contributed by atoms with E-state index in [-0.39, 0.29) is 18.8 Å². The second-order valence-electron chi connectivity index (χ2n) is 3.41. The van der Waals surface area contributed by atoms with Crippen molar-refractivity contribution in [1.82, 2.24) is 0 Å². The van der Waals surface area contributed by atoms with Crippen LogP contribution in [0.15, 0.2) is 0 Å². The zero-order valence-electron chi connectivity index (χ0n) is 7.12. The molecule has 1 heterocycles. The predicted molar refractivity (Wildman–Crippen MR) is 44.7 cm³/mol. The van der Waals surface area contributed by atoms with Gasteiger partial charge in [0.15, 0.2) is 0 Å². The first-order valence-corrected chi connectivity index (χ1v) is 5.95. The summed E-state index contributed by atoms with van der Waals surface area (Å²) in [7, 11) is -2.97. The molecule has 0 aliphatic carbocycles. The number of hydrogen-bond donors (Lipinski definition) is 1. The fraction of sp³-hybridized carbons (Fsp3) is 1.00. The van der Waals surface area contributed by atoms with Gasteiger partial charge in [0.25, 0.3) is 0 Å². The second kappa shape index (κ2) is 3.32. The van der Waals surface area contributed by atoms with Crippen molar-refractivity contribution in [3.05, 3.63) is 0 Å². The van der Waals surface area contributed by atoms with Crippen molar-refractivity contribution in [2.45, 2.75) is 18.4 Å². The Kier molecular flexibility index (Phi) is 2.75. The van der Waals surface area contributed by atoms with E-state index in [1.165, 1.54) is 6.26 Å². The van der Waals surface area contributed by atoms with Crippen LogP contribution in [0.5, 0.6) is 0 Å². The van der Waals surface area contributed by atoms with Crippen LogP contribution >= 0.6 is 0 Å². The van der Waals surface area contributed by atoms with Gasteiger partial charge in [-0.05, 0) is 6.42 Å². The number of ether oxygens (including phenoxy) is 1. The predicted octanol–water partition coefficient (Wildman–Crippen LogP) is -0.427. The van der Waals surface area contributed by atoms with E-state index >= 15 is 0 Å². The van der Waals surface area contributed by atoms with Crippen LogP contribution in [-0.4, -0.2) is 44.3 Å². The van der Waals surface area contributed by atoms with Gasteiger partial charge in [-0.2, -0.15) is 0 Å². The third-order valence-corrected chi connectivity index (χ3v) is 2.97. The average Bonchev–Trinajstić information content (AvgIpc) is 2.32. The molecule has 5 heteroatoms. The Labute approximate surface area is 72.5 Å². The summed E-state index contributed by atoms with van der Waals surface area (Å²) in [5.41, 5.74) is -0.900. The Balaban J connectivity index is 2.41. The van der Waals surface area contributed by atoms with Crippen LogP contribution < -0.4 is 0 Å². The average molecular weight is 194 g/mol. The van der Waals surface area contributed by atoms with E-state index in [0.29, 0.717) is 13.0 Å². The van der Waals surface area contributed by atoms with Crippen LogP contribution in [0.2, 0.25) is 0 Å². The highest BCUT2D eigenvalue weighted by atomic mass is 32.2. The number of hydrogen-bond acceptors (Lipinski definition) is 4. The van der Waals surface area contributed by atoms with Gasteiger partial charge in [0.2, 0.25) is 0 Å². The SMILES string of the molecule is CS(=O)(=O)CCC1(O)CCOC1. The third-order valence-electron chi connectivity index (χ3n) is 2.02. The van der Waals surface area contributed by atoms with E-state index in [2.05, 4.69) is 0 Å². The number of aliphatic hydroxyl groups is 1. The Hall–Kier alpha value is -0.130. The molecule has 1 atom stereocenters.